The summed E-state index contributed by atoms with van der Waals surface area (Å²) in [6.07, 6.45) is 6.30. The Morgan fingerprint density at radius 2 is 2.05 bits per heavy atom. The molecule has 0 spiro atoms. The molecule has 3 rings (SSSR count). The maximum atomic E-state index is 12.7. The number of carbonyl (C=O) groups is 2. The fraction of sp³-hybridized carbons (Fsp3) is 0.625. The van der Waals surface area contributed by atoms with E-state index >= 15 is 0 Å². The third kappa shape index (κ3) is 2.98. The van der Waals surface area contributed by atoms with Gasteiger partial charge in [0.15, 0.2) is 0 Å². The second-order valence-corrected chi connectivity index (χ2v) is 6.93. The monoisotopic (exact) mass is 307 g/mol. The van der Waals surface area contributed by atoms with Crippen molar-refractivity contribution in [1.82, 2.24) is 4.90 Å². The fourth-order valence-electron chi connectivity index (χ4n) is 3.89. The summed E-state index contributed by atoms with van der Waals surface area (Å²) >= 11 is 1.57. The Hall–Kier alpha value is -1.36. The van der Waals surface area contributed by atoms with Crippen LogP contribution >= 0.6 is 11.3 Å². The van der Waals surface area contributed by atoms with Crippen LogP contribution < -0.4 is 0 Å². The summed E-state index contributed by atoms with van der Waals surface area (Å²) in [4.78, 5) is 26.0. The van der Waals surface area contributed by atoms with Crippen molar-refractivity contribution >= 4 is 23.2 Å². The van der Waals surface area contributed by atoms with Gasteiger partial charge in [-0.15, -0.1) is 0 Å². The van der Waals surface area contributed by atoms with Crippen LogP contribution in [0.1, 0.15) is 44.1 Å². The Bertz CT molecular complexity index is 514. The highest BCUT2D eigenvalue weighted by Crippen LogP contribution is 2.38. The Labute approximate surface area is 128 Å². The second-order valence-electron chi connectivity index (χ2n) is 6.15. The predicted octanol–water partition coefficient (Wildman–Crippen LogP) is 2.93. The molecule has 3 atom stereocenters. The Morgan fingerprint density at radius 1 is 1.24 bits per heavy atom. The number of hydrogen-bond acceptors (Lipinski definition) is 3. The predicted molar refractivity (Wildman–Crippen MR) is 81.3 cm³/mol. The molecule has 1 aromatic heterocycles. The summed E-state index contributed by atoms with van der Waals surface area (Å²) in [5, 5.41) is 13.4. The number of piperidine rings is 1. The number of carboxylic acid groups (broad SMARTS) is 1. The van der Waals surface area contributed by atoms with Gasteiger partial charge in [0.1, 0.15) is 6.04 Å². The van der Waals surface area contributed by atoms with Crippen LogP contribution in [0.5, 0.6) is 0 Å². The number of amides is 1. The van der Waals surface area contributed by atoms with E-state index in [1.807, 2.05) is 16.8 Å². The number of carbonyl (C=O) groups excluding carboxylic acids is 1. The number of aliphatic carboxylic acids is 1. The van der Waals surface area contributed by atoms with Crippen LogP contribution in [0.2, 0.25) is 0 Å². The largest absolute Gasteiger partial charge is 0.480 e. The van der Waals surface area contributed by atoms with E-state index < -0.39 is 12.0 Å². The number of likely N-dealkylation sites (tertiary alicyclic amines) is 1. The standard InChI is InChI=1S/C16H21NO3S/c18-15(9-11-7-8-21-10-11)17-13-4-2-1-3-12(13)5-6-14(17)16(19)20/h7-8,10,12-14H,1-6,9H2,(H,19,20)/t12-,13+,14-/m0/s1. The van der Waals surface area contributed by atoms with Gasteiger partial charge in [-0.05, 0) is 54.0 Å². The third-order valence-electron chi connectivity index (χ3n) is 4.88. The molecule has 1 aromatic rings. The molecule has 21 heavy (non-hydrogen) atoms. The molecule has 0 radical (unpaired) electrons. The quantitative estimate of drug-likeness (QED) is 0.934. The number of rotatable bonds is 3. The molecule has 4 nitrogen and oxygen atoms in total. The van der Waals surface area contributed by atoms with Crippen LogP contribution in [0.15, 0.2) is 16.8 Å². The molecule has 2 heterocycles. The molecule has 0 unspecified atom stereocenters. The van der Waals surface area contributed by atoms with E-state index in [0.29, 0.717) is 18.8 Å². The van der Waals surface area contributed by atoms with Crippen molar-refractivity contribution in [2.24, 2.45) is 5.92 Å². The molecule has 1 N–H and O–H groups in total. The average Bonchev–Trinajstić information content (AvgIpc) is 2.98. The van der Waals surface area contributed by atoms with E-state index in [-0.39, 0.29) is 11.9 Å². The smallest absolute Gasteiger partial charge is 0.326 e. The van der Waals surface area contributed by atoms with Gasteiger partial charge in [-0.25, -0.2) is 4.79 Å². The summed E-state index contributed by atoms with van der Waals surface area (Å²) in [5.74, 6) is -0.365. The van der Waals surface area contributed by atoms with E-state index in [0.717, 1.165) is 31.2 Å². The highest BCUT2D eigenvalue weighted by Gasteiger charge is 2.43. The Morgan fingerprint density at radius 3 is 2.76 bits per heavy atom. The normalized spacial score (nSPS) is 29.0. The number of fused-ring (bicyclic) bond motifs is 1. The summed E-state index contributed by atoms with van der Waals surface area (Å²) in [5.41, 5.74) is 0.993. The molecule has 2 aliphatic rings. The first-order valence-electron chi connectivity index (χ1n) is 7.72. The topological polar surface area (TPSA) is 57.6 Å². The lowest BCUT2D eigenvalue weighted by Crippen LogP contribution is -2.57. The van der Waals surface area contributed by atoms with E-state index in [1.54, 1.807) is 16.2 Å². The van der Waals surface area contributed by atoms with E-state index in [9.17, 15) is 14.7 Å². The summed E-state index contributed by atoms with van der Waals surface area (Å²) < 4.78 is 0. The van der Waals surface area contributed by atoms with Crippen LogP contribution in [-0.2, 0) is 16.0 Å². The minimum absolute atomic E-state index is 0.0163. The first kappa shape index (κ1) is 14.6. The molecular formula is C16H21NO3S. The van der Waals surface area contributed by atoms with Crippen LogP contribution in [0.3, 0.4) is 0 Å². The fourth-order valence-corrected chi connectivity index (χ4v) is 4.56. The van der Waals surface area contributed by atoms with Gasteiger partial charge in [0.2, 0.25) is 5.91 Å². The van der Waals surface area contributed by atoms with Gasteiger partial charge in [0, 0.05) is 6.04 Å². The number of thiophene rings is 1. The van der Waals surface area contributed by atoms with Crippen molar-refractivity contribution in [3.63, 3.8) is 0 Å². The molecular weight excluding hydrogens is 286 g/mol. The van der Waals surface area contributed by atoms with Crippen molar-refractivity contribution in [3.8, 4) is 0 Å². The zero-order valence-corrected chi connectivity index (χ0v) is 12.8. The lowest BCUT2D eigenvalue weighted by atomic mass is 9.76. The summed E-state index contributed by atoms with van der Waals surface area (Å²) in [6, 6.07) is 1.45. The Balaban J connectivity index is 1.81. The minimum atomic E-state index is -0.849. The van der Waals surface area contributed by atoms with E-state index in [1.165, 1.54) is 6.42 Å². The van der Waals surface area contributed by atoms with Crippen molar-refractivity contribution in [3.05, 3.63) is 22.4 Å². The molecule has 1 aliphatic heterocycles. The van der Waals surface area contributed by atoms with Crippen molar-refractivity contribution in [2.45, 2.75) is 57.0 Å². The van der Waals surface area contributed by atoms with Crippen molar-refractivity contribution < 1.29 is 14.7 Å². The van der Waals surface area contributed by atoms with Crippen LogP contribution in [-0.4, -0.2) is 34.0 Å². The maximum Gasteiger partial charge on any atom is 0.326 e. The zero-order valence-electron chi connectivity index (χ0n) is 12.0. The van der Waals surface area contributed by atoms with Crippen LogP contribution in [0, 0.1) is 5.92 Å². The second kappa shape index (κ2) is 6.18. The van der Waals surface area contributed by atoms with Gasteiger partial charge < -0.3 is 10.0 Å². The number of hydrogen-bond donors (Lipinski definition) is 1. The maximum absolute atomic E-state index is 12.7. The van der Waals surface area contributed by atoms with Gasteiger partial charge >= 0.3 is 5.97 Å². The molecule has 0 aromatic carbocycles. The first-order chi connectivity index (χ1) is 10.2. The van der Waals surface area contributed by atoms with Gasteiger partial charge in [-0.3, -0.25) is 4.79 Å². The number of nitrogens with zero attached hydrogens (tertiary/aromatic N) is 1. The lowest BCUT2D eigenvalue weighted by molar-refractivity contribution is -0.157. The third-order valence-corrected chi connectivity index (χ3v) is 5.61. The van der Waals surface area contributed by atoms with Gasteiger partial charge in [0.05, 0.1) is 6.42 Å². The highest BCUT2D eigenvalue weighted by molar-refractivity contribution is 7.08. The Kier molecular flexibility index (Phi) is 4.29. The van der Waals surface area contributed by atoms with E-state index in [4.69, 9.17) is 0 Å². The molecule has 2 fully saturated rings. The van der Waals surface area contributed by atoms with E-state index in [2.05, 4.69) is 0 Å². The van der Waals surface area contributed by atoms with Crippen molar-refractivity contribution in [1.29, 1.82) is 0 Å². The summed E-state index contributed by atoms with van der Waals surface area (Å²) in [6.45, 7) is 0. The van der Waals surface area contributed by atoms with Crippen LogP contribution in [0.25, 0.3) is 0 Å². The molecule has 1 aliphatic carbocycles. The lowest BCUT2D eigenvalue weighted by Gasteiger charge is -2.47. The number of carboxylic acids is 1. The van der Waals surface area contributed by atoms with Crippen LogP contribution in [0.4, 0.5) is 0 Å². The van der Waals surface area contributed by atoms with Gasteiger partial charge in [0.25, 0.3) is 0 Å². The molecule has 5 heteroatoms. The molecule has 1 amide bonds. The summed E-state index contributed by atoms with van der Waals surface area (Å²) in [7, 11) is 0. The first-order valence-corrected chi connectivity index (χ1v) is 8.66. The van der Waals surface area contributed by atoms with Crippen molar-refractivity contribution in [2.75, 3.05) is 0 Å². The molecule has 114 valence electrons. The highest BCUT2D eigenvalue weighted by atomic mass is 32.1. The van der Waals surface area contributed by atoms with Gasteiger partial charge in [-0.1, -0.05) is 12.8 Å². The minimum Gasteiger partial charge on any atom is -0.480 e. The van der Waals surface area contributed by atoms with Gasteiger partial charge in [-0.2, -0.15) is 11.3 Å². The molecule has 1 saturated carbocycles. The molecule has 1 saturated heterocycles. The zero-order chi connectivity index (χ0) is 14.8. The SMILES string of the molecule is O=C(O)[C@@H]1CC[C@@H]2CCCC[C@H]2N1C(=O)Cc1ccsc1. The average molecular weight is 307 g/mol. The molecule has 0 bridgehead atoms.